The van der Waals surface area contributed by atoms with Crippen molar-refractivity contribution < 1.29 is 54.6 Å². The summed E-state index contributed by atoms with van der Waals surface area (Å²) in [4.78, 5) is 61.6. The van der Waals surface area contributed by atoms with Crippen LogP contribution in [0.2, 0.25) is 0 Å². The number of allylic oxidation sites excluding steroid dienone is 9. The van der Waals surface area contributed by atoms with Gasteiger partial charge in [0, 0.05) is 133 Å². The van der Waals surface area contributed by atoms with Crippen LogP contribution in [0.1, 0.15) is 125 Å². The van der Waals surface area contributed by atoms with E-state index in [1.165, 1.54) is 20.2 Å². The van der Waals surface area contributed by atoms with Crippen molar-refractivity contribution in [3.05, 3.63) is 141 Å². The topological polar surface area (TPSA) is 211 Å². The van der Waals surface area contributed by atoms with Gasteiger partial charge < -0.3 is 33.1 Å². The number of carbonyl (C=O) groups is 4. The number of fused-ring (bicyclic) bond motifs is 8. The van der Waals surface area contributed by atoms with Crippen LogP contribution in [-0.4, -0.2) is 155 Å². The molecule has 4 unspecified atom stereocenters. The van der Waals surface area contributed by atoms with E-state index in [0.29, 0.717) is 34.5 Å². The van der Waals surface area contributed by atoms with Gasteiger partial charge in [0.2, 0.25) is 0 Å². The Balaban J connectivity index is 0.898. The Morgan fingerprint density at radius 1 is 0.600 bits per heavy atom. The predicted octanol–water partition coefficient (Wildman–Crippen LogP) is 7.58. The molecule has 0 spiro atoms. The molecule has 12 rings (SSSR count). The Morgan fingerprint density at radius 2 is 1.11 bits per heavy atom. The standard InChI is InChI=1S/C63H75FN8O11S2/c1-67-22-26-82-27-23-68(2)84(77,78)65-61(74)43-15-19-53-55(35-43)71-37-46(62(67)75)31-45-33-49(81-4)17-21-51(45)59(71)57(53)41-12-10-39(11-13-41)36-70-25-29-83-28-24-69(3)85(79,80)66-60(73)42-14-18-52-54(34-42)72-38-47(63(70)76)30-44-32-48(64)16-20-50(44)58(72)56(52)40-8-6-5-7-9-40/h14-21,30-35,39-41,44-45,50-51H,5-13,22-29,36-38H2,1-4H3,(H,65,74)(H,66,73). The van der Waals surface area contributed by atoms with Crippen molar-refractivity contribution in [2.24, 2.45) is 17.8 Å². The number of nitrogens with one attached hydrogen (secondary N) is 2. The first-order valence-corrected chi connectivity index (χ1v) is 32.8. The molecular weight excluding hydrogens is 1130 g/mol. The molecule has 2 N–H and O–H groups in total. The summed E-state index contributed by atoms with van der Waals surface area (Å²) in [6.45, 7) is 1.46. The summed E-state index contributed by atoms with van der Waals surface area (Å²) in [6, 6.07) is 10.6. The molecule has 19 nitrogen and oxygen atoms in total. The Morgan fingerprint density at radius 3 is 1.67 bits per heavy atom. The van der Waals surface area contributed by atoms with Crippen molar-refractivity contribution in [1.82, 2.24) is 37.0 Å². The molecule has 4 aliphatic heterocycles. The molecule has 8 bridgehead atoms. The molecule has 6 heterocycles. The SMILES string of the molecule is COC1=CC2C=C3Cn4c(c(C5CCC(CN6CCOCCN(C)S(=O)(=O)NC(=O)c7ccc8c(C9CCCCC9)c9n(c8c7)CC(=CC7C=C(F)C=CC97)C6=O)CC5)c5ccc(cc54)C(=O)NS(=O)(=O)N(C)CCOCCN(C)C3=O)C2C=C1. The summed E-state index contributed by atoms with van der Waals surface area (Å²) < 4.78 is 98.1. The third-order valence-corrected chi connectivity index (χ3v) is 21.9. The molecule has 4 atom stereocenters. The van der Waals surface area contributed by atoms with Crippen LogP contribution >= 0.6 is 0 Å². The molecule has 85 heavy (non-hydrogen) atoms. The number of hydrogen-bond donors (Lipinski definition) is 2. The summed E-state index contributed by atoms with van der Waals surface area (Å²) in [6.07, 6.45) is 23.2. The summed E-state index contributed by atoms with van der Waals surface area (Å²) in [5.41, 5.74) is 6.97. The number of benzene rings is 2. The first kappa shape index (κ1) is 58.7. The highest BCUT2D eigenvalue weighted by Crippen LogP contribution is 2.51. The largest absolute Gasteiger partial charge is 0.497 e. The summed E-state index contributed by atoms with van der Waals surface area (Å²) in [7, 11) is -2.40. The Hall–Kier alpha value is -6.69. The predicted molar refractivity (Wildman–Crippen MR) is 319 cm³/mol. The lowest BCUT2D eigenvalue weighted by Crippen LogP contribution is -2.43. The van der Waals surface area contributed by atoms with Crippen LogP contribution in [0, 0.1) is 17.8 Å². The van der Waals surface area contributed by atoms with E-state index in [9.17, 15) is 31.2 Å². The van der Waals surface area contributed by atoms with Gasteiger partial charge in [0.05, 0.1) is 46.6 Å². The van der Waals surface area contributed by atoms with Crippen LogP contribution in [0.4, 0.5) is 4.39 Å². The molecule has 8 aliphatic rings. The monoisotopic (exact) mass is 1200 g/mol. The quantitative estimate of drug-likeness (QED) is 0.199. The van der Waals surface area contributed by atoms with E-state index in [-0.39, 0.29) is 130 Å². The van der Waals surface area contributed by atoms with E-state index in [2.05, 4.69) is 24.7 Å². The highest BCUT2D eigenvalue weighted by molar-refractivity contribution is 7.88. The average Bonchev–Trinajstić information content (AvgIpc) is 2.15. The fraction of sp³-hybridized carbons (Fsp3) is 0.492. The number of hydrogen-bond acceptors (Lipinski definition) is 11. The second-order valence-corrected chi connectivity index (χ2v) is 27.7. The second kappa shape index (κ2) is 23.9. The van der Waals surface area contributed by atoms with Crippen molar-refractivity contribution in [2.45, 2.75) is 94.5 Å². The van der Waals surface area contributed by atoms with Crippen molar-refractivity contribution >= 4 is 65.9 Å². The number of carbonyl (C=O) groups excluding carboxylic acids is 4. The number of rotatable bonds is 5. The summed E-state index contributed by atoms with van der Waals surface area (Å²) in [5, 5.41) is 1.84. The molecular formula is C63H75FN8O11S2. The van der Waals surface area contributed by atoms with E-state index >= 15 is 9.18 Å². The number of halogens is 1. The number of nitrogens with zero attached hydrogens (tertiary/aromatic N) is 6. The van der Waals surface area contributed by atoms with Gasteiger partial charge in [-0.3, -0.25) is 19.2 Å². The lowest BCUT2D eigenvalue weighted by atomic mass is 9.74. The van der Waals surface area contributed by atoms with Crippen molar-refractivity contribution in [3.8, 4) is 0 Å². The molecule has 22 heteroatoms. The molecule has 452 valence electrons. The van der Waals surface area contributed by atoms with Crippen LogP contribution in [0.5, 0.6) is 0 Å². The highest BCUT2D eigenvalue weighted by atomic mass is 32.2. The normalized spacial score (nSPS) is 27.5. The van der Waals surface area contributed by atoms with Crippen LogP contribution in [-0.2, 0) is 57.3 Å². The number of methoxy groups -OCH3 is 1. The van der Waals surface area contributed by atoms with Gasteiger partial charge in [-0.2, -0.15) is 25.4 Å². The van der Waals surface area contributed by atoms with Gasteiger partial charge in [-0.25, -0.2) is 13.8 Å². The zero-order valence-corrected chi connectivity index (χ0v) is 50.3. The zero-order chi connectivity index (χ0) is 59.5. The van der Waals surface area contributed by atoms with Gasteiger partial charge in [0.25, 0.3) is 23.6 Å². The average molecular weight is 1200 g/mol. The lowest BCUT2D eigenvalue weighted by Gasteiger charge is -2.34. The fourth-order valence-corrected chi connectivity index (χ4v) is 16.0. The van der Waals surface area contributed by atoms with Crippen LogP contribution in [0.15, 0.2) is 108 Å². The van der Waals surface area contributed by atoms with E-state index in [4.69, 9.17) is 14.2 Å². The van der Waals surface area contributed by atoms with E-state index in [1.54, 1.807) is 49.4 Å². The van der Waals surface area contributed by atoms with Crippen molar-refractivity contribution in [2.75, 3.05) is 87.4 Å². The van der Waals surface area contributed by atoms with Crippen molar-refractivity contribution in [3.63, 3.8) is 0 Å². The van der Waals surface area contributed by atoms with Gasteiger partial charge in [-0.1, -0.05) is 55.7 Å². The maximum absolute atomic E-state index is 15.7. The molecule has 4 amide bonds. The molecule has 0 saturated heterocycles. The molecule has 2 fully saturated rings. The molecule has 2 saturated carbocycles. The Kier molecular flexibility index (Phi) is 16.5. The minimum atomic E-state index is -4.26. The number of likely N-dealkylation sites (N-methyl/N-ethyl adjacent to an activating group) is 3. The summed E-state index contributed by atoms with van der Waals surface area (Å²) in [5.74, 6) is -2.72. The van der Waals surface area contributed by atoms with Gasteiger partial charge in [0.1, 0.15) is 11.6 Å². The molecule has 4 aromatic rings. The first-order chi connectivity index (χ1) is 40.9. The number of amides is 4. The minimum Gasteiger partial charge on any atom is -0.497 e. The Labute approximate surface area is 496 Å². The lowest BCUT2D eigenvalue weighted by molar-refractivity contribution is -0.129. The Bertz CT molecular complexity index is 3790. The molecule has 2 aromatic carbocycles. The summed E-state index contributed by atoms with van der Waals surface area (Å²) >= 11 is 0. The van der Waals surface area contributed by atoms with E-state index in [0.717, 1.165) is 99.7 Å². The fourth-order valence-electron chi connectivity index (χ4n) is 14.4. The third kappa shape index (κ3) is 11.5. The van der Waals surface area contributed by atoms with Gasteiger partial charge in [-0.15, -0.1) is 0 Å². The first-order valence-electron chi connectivity index (χ1n) is 29.9. The van der Waals surface area contributed by atoms with Crippen LogP contribution in [0.3, 0.4) is 0 Å². The molecule has 0 radical (unpaired) electrons. The van der Waals surface area contributed by atoms with Gasteiger partial charge >= 0.3 is 20.4 Å². The number of aromatic nitrogens is 2. The molecule has 4 aliphatic carbocycles. The smallest absolute Gasteiger partial charge is 0.303 e. The van der Waals surface area contributed by atoms with E-state index in [1.807, 2.05) is 47.4 Å². The van der Waals surface area contributed by atoms with Gasteiger partial charge in [-0.05, 0) is 116 Å². The van der Waals surface area contributed by atoms with Crippen molar-refractivity contribution in [1.29, 1.82) is 0 Å². The van der Waals surface area contributed by atoms with E-state index < -0.39 is 38.2 Å². The van der Waals surface area contributed by atoms with Crippen LogP contribution < -0.4 is 9.44 Å². The zero-order valence-electron chi connectivity index (χ0n) is 48.6. The minimum absolute atomic E-state index is 0.00130. The highest BCUT2D eigenvalue weighted by Gasteiger charge is 2.41. The number of ether oxygens (including phenoxy) is 3. The second-order valence-electron chi connectivity index (χ2n) is 24.1. The maximum atomic E-state index is 15.7. The van der Waals surface area contributed by atoms with Crippen LogP contribution in [0.25, 0.3) is 21.8 Å². The van der Waals surface area contributed by atoms with Gasteiger partial charge in [0.15, 0.2) is 0 Å². The third-order valence-electron chi connectivity index (χ3n) is 19.0. The molecule has 2 aromatic heterocycles. The maximum Gasteiger partial charge on any atom is 0.303 e.